The summed E-state index contributed by atoms with van der Waals surface area (Å²) >= 11 is 0. The molecular formula is C13H21NO. The van der Waals surface area contributed by atoms with Gasteiger partial charge in [-0.3, -0.25) is 4.79 Å². The Balaban J connectivity index is 1.89. The third-order valence-corrected chi connectivity index (χ3v) is 4.26. The van der Waals surface area contributed by atoms with Crippen molar-refractivity contribution in [2.24, 2.45) is 17.3 Å². The minimum atomic E-state index is 0.111. The van der Waals surface area contributed by atoms with Gasteiger partial charge < -0.3 is 4.90 Å². The fourth-order valence-corrected chi connectivity index (χ4v) is 3.11. The van der Waals surface area contributed by atoms with Crippen molar-refractivity contribution in [1.29, 1.82) is 0 Å². The second-order valence-corrected chi connectivity index (χ2v) is 5.63. The number of likely N-dealkylation sites (tertiary alicyclic amines) is 1. The third-order valence-electron chi connectivity index (χ3n) is 4.26. The molecular weight excluding hydrogens is 186 g/mol. The average Bonchev–Trinajstić information content (AvgIpc) is 2.58. The van der Waals surface area contributed by atoms with E-state index < -0.39 is 0 Å². The van der Waals surface area contributed by atoms with Gasteiger partial charge in [-0.25, -0.2) is 0 Å². The number of nitrogens with zero attached hydrogens (tertiary/aromatic N) is 1. The van der Waals surface area contributed by atoms with E-state index in [9.17, 15) is 4.79 Å². The molecule has 0 N–H and O–H groups in total. The van der Waals surface area contributed by atoms with Gasteiger partial charge in [-0.1, -0.05) is 20.4 Å². The Morgan fingerprint density at radius 2 is 2.20 bits per heavy atom. The molecule has 2 nitrogen and oxygen atoms in total. The maximum absolute atomic E-state index is 11.5. The molecule has 0 aromatic heterocycles. The zero-order valence-corrected chi connectivity index (χ0v) is 9.83. The van der Waals surface area contributed by atoms with E-state index in [1.54, 1.807) is 0 Å². The summed E-state index contributed by atoms with van der Waals surface area (Å²) in [6.45, 7) is 10.1. The number of rotatable bonds is 2. The van der Waals surface area contributed by atoms with E-state index in [1.165, 1.54) is 25.3 Å². The highest BCUT2D eigenvalue weighted by Crippen LogP contribution is 2.54. The molecule has 0 aromatic rings. The highest BCUT2D eigenvalue weighted by Gasteiger charge is 2.49. The summed E-state index contributed by atoms with van der Waals surface area (Å²) in [6.07, 6.45) is 5.30. The van der Waals surface area contributed by atoms with Crippen LogP contribution in [0.5, 0.6) is 0 Å². The van der Waals surface area contributed by atoms with Crippen molar-refractivity contribution in [3.05, 3.63) is 12.7 Å². The number of amides is 1. The van der Waals surface area contributed by atoms with Crippen LogP contribution < -0.4 is 0 Å². The summed E-state index contributed by atoms with van der Waals surface area (Å²) in [4.78, 5) is 13.4. The number of hydrogen-bond acceptors (Lipinski definition) is 1. The number of hydrogen-bond donors (Lipinski definition) is 0. The minimum Gasteiger partial charge on any atom is -0.339 e. The second kappa shape index (κ2) is 3.66. The maximum Gasteiger partial charge on any atom is 0.245 e. The highest BCUT2D eigenvalue weighted by atomic mass is 16.2. The molecule has 0 bridgehead atoms. The van der Waals surface area contributed by atoms with Gasteiger partial charge in [-0.2, -0.15) is 0 Å². The molecule has 2 heteroatoms. The molecule has 1 heterocycles. The number of carbonyl (C=O) groups is 1. The Morgan fingerprint density at radius 3 is 2.73 bits per heavy atom. The quantitative estimate of drug-likeness (QED) is 0.637. The SMILES string of the molecule is C=CC(=O)N1CCC2(CC(C(C)C)C2)C1. The lowest BCUT2D eigenvalue weighted by Crippen LogP contribution is -2.42. The summed E-state index contributed by atoms with van der Waals surface area (Å²) in [7, 11) is 0. The predicted molar refractivity (Wildman–Crippen MR) is 61.4 cm³/mol. The lowest BCUT2D eigenvalue weighted by molar-refractivity contribution is -0.126. The van der Waals surface area contributed by atoms with Crippen molar-refractivity contribution in [3.63, 3.8) is 0 Å². The van der Waals surface area contributed by atoms with Crippen LogP contribution in [0.2, 0.25) is 0 Å². The summed E-state index contributed by atoms with van der Waals surface area (Å²) in [5.41, 5.74) is 0.480. The van der Waals surface area contributed by atoms with Crippen molar-refractivity contribution in [2.75, 3.05) is 13.1 Å². The van der Waals surface area contributed by atoms with E-state index in [2.05, 4.69) is 20.4 Å². The van der Waals surface area contributed by atoms with Crippen molar-refractivity contribution >= 4 is 5.91 Å². The molecule has 2 fully saturated rings. The summed E-state index contributed by atoms with van der Waals surface area (Å²) in [5, 5.41) is 0. The third kappa shape index (κ3) is 1.82. The molecule has 2 aliphatic rings. The largest absolute Gasteiger partial charge is 0.339 e. The van der Waals surface area contributed by atoms with Gasteiger partial charge >= 0.3 is 0 Å². The lowest BCUT2D eigenvalue weighted by atomic mass is 9.58. The normalized spacial score (nSPS) is 34.6. The van der Waals surface area contributed by atoms with E-state index in [0.29, 0.717) is 5.41 Å². The molecule has 0 radical (unpaired) electrons. The monoisotopic (exact) mass is 207 g/mol. The first kappa shape index (κ1) is 10.7. The molecule has 84 valence electrons. The van der Waals surface area contributed by atoms with Gasteiger partial charge in [0.2, 0.25) is 5.91 Å². The zero-order valence-electron chi connectivity index (χ0n) is 9.83. The zero-order chi connectivity index (χ0) is 11.1. The van der Waals surface area contributed by atoms with E-state index in [4.69, 9.17) is 0 Å². The Hall–Kier alpha value is -0.790. The molecule has 1 saturated carbocycles. The van der Waals surface area contributed by atoms with Crippen LogP contribution in [0.1, 0.15) is 33.1 Å². The first-order chi connectivity index (χ1) is 7.06. The van der Waals surface area contributed by atoms with E-state index in [-0.39, 0.29) is 5.91 Å². The first-order valence-electron chi connectivity index (χ1n) is 5.98. The lowest BCUT2D eigenvalue weighted by Gasteiger charge is -2.47. The Bertz CT molecular complexity index is 276. The summed E-state index contributed by atoms with van der Waals surface area (Å²) < 4.78 is 0. The van der Waals surface area contributed by atoms with Gasteiger partial charge in [-0.15, -0.1) is 0 Å². The topological polar surface area (TPSA) is 20.3 Å². The van der Waals surface area contributed by atoms with Crippen molar-refractivity contribution in [1.82, 2.24) is 4.90 Å². The standard InChI is InChI=1S/C13H21NO/c1-4-12(15)14-6-5-13(9-14)7-11(8-13)10(2)3/h4,10-11H,1,5-9H2,2-3H3. The molecule has 1 aliphatic heterocycles. The van der Waals surface area contributed by atoms with Gasteiger partial charge in [0.05, 0.1) is 0 Å². The fraction of sp³-hybridized carbons (Fsp3) is 0.769. The van der Waals surface area contributed by atoms with Crippen LogP contribution >= 0.6 is 0 Å². The molecule has 0 atom stereocenters. The van der Waals surface area contributed by atoms with Crippen molar-refractivity contribution in [2.45, 2.75) is 33.1 Å². The van der Waals surface area contributed by atoms with Crippen molar-refractivity contribution in [3.8, 4) is 0 Å². The Morgan fingerprint density at radius 1 is 1.53 bits per heavy atom. The van der Waals surface area contributed by atoms with Crippen LogP contribution in [0.25, 0.3) is 0 Å². The molecule has 1 amide bonds. The molecule has 15 heavy (non-hydrogen) atoms. The second-order valence-electron chi connectivity index (χ2n) is 5.63. The van der Waals surface area contributed by atoms with Gasteiger partial charge in [0, 0.05) is 13.1 Å². The van der Waals surface area contributed by atoms with Crippen LogP contribution in [-0.2, 0) is 4.79 Å². The maximum atomic E-state index is 11.5. The first-order valence-corrected chi connectivity index (χ1v) is 5.98. The fourth-order valence-electron chi connectivity index (χ4n) is 3.11. The average molecular weight is 207 g/mol. The summed E-state index contributed by atoms with van der Waals surface area (Å²) in [5.74, 6) is 1.81. The van der Waals surface area contributed by atoms with Crippen LogP contribution in [0.4, 0.5) is 0 Å². The van der Waals surface area contributed by atoms with Crippen LogP contribution in [0.3, 0.4) is 0 Å². The minimum absolute atomic E-state index is 0.111. The number of carbonyl (C=O) groups excluding carboxylic acids is 1. The van der Waals surface area contributed by atoms with Crippen LogP contribution in [0.15, 0.2) is 12.7 Å². The van der Waals surface area contributed by atoms with Crippen LogP contribution in [-0.4, -0.2) is 23.9 Å². The van der Waals surface area contributed by atoms with Gasteiger partial charge in [0.1, 0.15) is 0 Å². The molecule has 1 aliphatic carbocycles. The molecule has 0 unspecified atom stereocenters. The van der Waals surface area contributed by atoms with Gasteiger partial charge in [0.15, 0.2) is 0 Å². The van der Waals surface area contributed by atoms with Gasteiger partial charge in [0.25, 0.3) is 0 Å². The summed E-state index contributed by atoms with van der Waals surface area (Å²) in [6, 6.07) is 0. The van der Waals surface area contributed by atoms with E-state index >= 15 is 0 Å². The van der Waals surface area contributed by atoms with E-state index in [1.807, 2.05) is 4.90 Å². The molecule has 2 rings (SSSR count). The highest BCUT2D eigenvalue weighted by molar-refractivity contribution is 5.87. The molecule has 1 saturated heterocycles. The van der Waals surface area contributed by atoms with E-state index in [0.717, 1.165) is 24.9 Å². The Kier molecular flexibility index (Phi) is 2.61. The Labute approximate surface area is 92.3 Å². The van der Waals surface area contributed by atoms with Gasteiger partial charge in [-0.05, 0) is 42.6 Å². The smallest absolute Gasteiger partial charge is 0.245 e. The molecule has 0 aromatic carbocycles. The molecule has 1 spiro atoms. The van der Waals surface area contributed by atoms with Crippen LogP contribution in [0, 0.1) is 17.3 Å². The predicted octanol–water partition coefficient (Wildman–Crippen LogP) is 2.46. The van der Waals surface area contributed by atoms with Crippen molar-refractivity contribution < 1.29 is 4.79 Å².